The van der Waals surface area contributed by atoms with Gasteiger partial charge in [0.25, 0.3) is 0 Å². The maximum atomic E-state index is 11.9. The van der Waals surface area contributed by atoms with Crippen molar-refractivity contribution in [1.29, 1.82) is 0 Å². The van der Waals surface area contributed by atoms with Crippen molar-refractivity contribution >= 4 is 0 Å². The quantitative estimate of drug-likeness (QED) is 0.897. The van der Waals surface area contributed by atoms with Crippen molar-refractivity contribution in [3.63, 3.8) is 0 Å². The standard InChI is InChI=1S/C15H18N2O2/c1-10-5-7-12(8-6-10)17-11(2)9-13(18)14(16-17)15(3,4)19/h5-9,19H,1-4H3. The molecule has 0 bridgehead atoms. The Balaban J connectivity index is 2.64. The lowest BCUT2D eigenvalue weighted by Crippen LogP contribution is -2.30. The maximum absolute atomic E-state index is 11.9. The summed E-state index contributed by atoms with van der Waals surface area (Å²) in [5.41, 5.74) is 1.42. The second kappa shape index (κ2) is 4.63. The van der Waals surface area contributed by atoms with Gasteiger partial charge in [0.15, 0.2) is 0 Å². The van der Waals surface area contributed by atoms with Gasteiger partial charge in [-0.1, -0.05) is 17.7 Å². The van der Waals surface area contributed by atoms with E-state index in [1.807, 2.05) is 38.1 Å². The molecule has 1 heterocycles. The van der Waals surface area contributed by atoms with E-state index >= 15 is 0 Å². The number of benzene rings is 1. The molecule has 100 valence electrons. The summed E-state index contributed by atoms with van der Waals surface area (Å²) < 4.78 is 1.67. The van der Waals surface area contributed by atoms with E-state index in [1.165, 1.54) is 6.07 Å². The van der Waals surface area contributed by atoms with Crippen LogP contribution < -0.4 is 5.43 Å². The second-order valence-corrected chi connectivity index (χ2v) is 5.30. The highest BCUT2D eigenvalue weighted by Gasteiger charge is 2.23. The van der Waals surface area contributed by atoms with Crippen molar-refractivity contribution in [3.8, 4) is 5.69 Å². The first-order valence-corrected chi connectivity index (χ1v) is 6.20. The van der Waals surface area contributed by atoms with Crippen LogP contribution >= 0.6 is 0 Å². The zero-order valence-corrected chi connectivity index (χ0v) is 11.6. The summed E-state index contributed by atoms with van der Waals surface area (Å²) in [5.74, 6) is 0. The third kappa shape index (κ3) is 2.74. The summed E-state index contributed by atoms with van der Waals surface area (Å²) in [6, 6.07) is 9.35. The van der Waals surface area contributed by atoms with Crippen molar-refractivity contribution in [2.75, 3.05) is 0 Å². The van der Waals surface area contributed by atoms with Crippen molar-refractivity contribution in [2.45, 2.75) is 33.3 Å². The maximum Gasteiger partial charge on any atom is 0.206 e. The Kier molecular flexibility index (Phi) is 3.28. The van der Waals surface area contributed by atoms with Gasteiger partial charge >= 0.3 is 0 Å². The van der Waals surface area contributed by atoms with Gasteiger partial charge in [-0.05, 0) is 39.8 Å². The minimum absolute atomic E-state index is 0.152. The van der Waals surface area contributed by atoms with Crippen LogP contribution in [0.2, 0.25) is 0 Å². The van der Waals surface area contributed by atoms with E-state index in [1.54, 1.807) is 18.5 Å². The van der Waals surface area contributed by atoms with Crippen molar-refractivity contribution in [3.05, 3.63) is 57.5 Å². The van der Waals surface area contributed by atoms with Gasteiger partial charge in [-0.3, -0.25) is 4.79 Å². The molecule has 4 heteroatoms. The number of nitrogens with zero attached hydrogens (tertiary/aromatic N) is 2. The average molecular weight is 258 g/mol. The first kappa shape index (κ1) is 13.5. The molecule has 0 spiro atoms. The monoisotopic (exact) mass is 258 g/mol. The van der Waals surface area contributed by atoms with Crippen LogP contribution in [0.3, 0.4) is 0 Å². The molecule has 2 aromatic rings. The molecule has 0 aliphatic carbocycles. The number of aromatic nitrogens is 2. The van der Waals surface area contributed by atoms with Crippen LogP contribution in [-0.2, 0) is 5.60 Å². The molecule has 1 aromatic carbocycles. The van der Waals surface area contributed by atoms with Crippen LogP contribution in [0, 0.1) is 13.8 Å². The molecule has 0 saturated heterocycles. The molecule has 0 fully saturated rings. The molecule has 0 aliphatic heterocycles. The Labute approximate surface area is 112 Å². The van der Waals surface area contributed by atoms with Gasteiger partial charge in [0.05, 0.1) is 5.69 Å². The lowest BCUT2D eigenvalue weighted by Gasteiger charge is -2.18. The smallest absolute Gasteiger partial charge is 0.206 e. The molecular weight excluding hydrogens is 240 g/mol. The van der Waals surface area contributed by atoms with Crippen molar-refractivity contribution < 1.29 is 5.11 Å². The van der Waals surface area contributed by atoms with Crippen LogP contribution in [0.5, 0.6) is 0 Å². The lowest BCUT2D eigenvalue weighted by atomic mass is 10.0. The Morgan fingerprint density at radius 2 is 1.74 bits per heavy atom. The van der Waals surface area contributed by atoms with Gasteiger partial charge in [-0.15, -0.1) is 0 Å². The van der Waals surface area contributed by atoms with E-state index in [9.17, 15) is 9.90 Å². The van der Waals surface area contributed by atoms with E-state index in [4.69, 9.17) is 0 Å². The summed E-state index contributed by atoms with van der Waals surface area (Å²) in [4.78, 5) is 11.9. The van der Waals surface area contributed by atoms with E-state index in [-0.39, 0.29) is 11.1 Å². The highest BCUT2D eigenvalue weighted by Crippen LogP contribution is 2.16. The van der Waals surface area contributed by atoms with Gasteiger partial charge < -0.3 is 5.11 Å². The highest BCUT2D eigenvalue weighted by molar-refractivity contribution is 5.35. The highest BCUT2D eigenvalue weighted by atomic mass is 16.3. The summed E-state index contributed by atoms with van der Waals surface area (Å²) in [5, 5.41) is 14.3. The van der Waals surface area contributed by atoms with Crippen LogP contribution in [0.25, 0.3) is 5.69 Å². The Morgan fingerprint density at radius 3 is 2.26 bits per heavy atom. The van der Waals surface area contributed by atoms with Gasteiger partial charge in [-0.25, -0.2) is 4.68 Å². The number of rotatable bonds is 2. The Bertz CT molecular complexity index is 649. The number of hydrogen-bond acceptors (Lipinski definition) is 3. The minimum Gasteiger partial charge on any atom is -0.384 e. The largest absolute Gasteiger partial charge is 0.384 e. The molecule has 1 N–H and O–H groups in total. The fourth-order valence-corrected chi connectivity index (χ4v) is 1.92. The molecule has 0 atom stereocenters. The number of aryl methyl sites for hydroxylation is 2. The molecule has 0 saturated carbocycles. The summed E-state index contributed by atoms with van der Waals surface area (Å²) in [7, 11) is 0. The summed E-state index contributed by atoms with van der Waals surface area (Å²) >= 11 is 0. The molecule has 4 nitrogen and oxygen atoms in total. The summed E-state index contributed by atoms with van der Waals surface area (Å²) in [6.45, 7) is 6.96. The third-order valence-corrected chi connectivity index (χ3v) is 2.97. The lowest BCUT2D eigenvalue weighted by molar-refractivity contribution is 0.0709. The molecule has 0 aliphatic rings. The topological polar surface area (TPSA) is 55.1 Å². The molecule has 0 radical (unpaired) electrons. The van der Waals surface area contributed by atoms with Gasteiger partial charge in [0.2, 0.25) is 5.43 Å². The second-order valence-electron chi connectivity index (χ2n) is 5.30. The van der Waals surface area contributed by atoms with E-state index in [0.717, 1.165) is 16.9 Å². The molecule has 2 rings (SSSR count). The molecule has 0 amide bonds. The van der Waals surface area contributed by atoms with Crippen molar-refractivity contribution in [1.82, 2.24) is 9.78 Å². The Morgan fingerprint density at radius 1 is 1.16 bits per heavy atom. The van der Waals surface area contributed by atoms with Gasteiger partial charge in [0.1, 0.15) is 11.3 Å². The van der Waals surface area contributed by atoms with Crippen molar-refractivity contribution in [2.24, 2.45) is 0 Å². The van der Waals surface area contributed by atoms with E-state index in [2.05, 4.69) is 5.10 Å². The minimum atomic E-state index is -1.25. The zero-order chi connectivity index (χ0) is 14.2. The average Bonchev–Trinajstić information content (AvgIpc) is 2.29. The molecule has 1 aromatic heterocycles. The molecular formula is C15H18N2O2. The third-order valence-electron chi connectivity index (χ3n) is 2.97. The van der Waals surface area contributed by atoms with E-state index in [0.29, 0.717) is 0 Å². The number of hydrogen-bond donors (Lipinski definition) is 1. The molecule has 0 unspecified atom stereocenters. The fraction of sp³-hybridized carbons (Fsp3) is 0.333. The van der Waals surface area contributed by atoms with Gasteiger partial charge in [-0.2, -0.15) is 5.10 Å². The first-order valence-electron chi connectivity index (χ1n) is 6.20. The van der Waals surface area contributed by atoms with Gasteiger partial charge in [0, 0.05) is 11.8 Å². The predicted molar refractivity (Wildman–Crippen MR) is 74.6 cm³/mol. The SMILES string of the molecule is Cc1ccc(-n2nc(C(C)(C)O)c(=O)cc2C)cc1. The first-order chi connectivity index (χ1) is 8.79. The summed E-state index contributed by atoms with van der Waals surface area (Å²) in [6.07, 6.45) is 0. The normalized spacial score (nSPS) is 11.6. The van der Waals surface area contributed by atoms with Crippen LogP contribution in [-0.4, -0.2) is 14.9 Å². The zero-order valence-electron chi connectivity index (χ0n) is 11.6. The van der Waals surface area contributed by atoms with Crippen LogP contribution in [0.1, 0.15) is 30.8 Å². The fourth-order valence-electron chi connectivity index (χ4n) is 1.92. The van der Waals surface area contributed by atoms with E-state index < -0.39 is 5.60 Å². The predicted octanol–water partition coefficient (Wildman–Crippen LogP) is 2.08. The molecule has 19 heavy (non-hydrogen) atoms. The Hall–Kier alpha value is -1.94. The van der Waals surface area contributed by atoms with Crippen LogP contribution in [0.4, 0.5) is 0 Å². The number of aliphatic hydroxyl groups is 1. The van der Waals surface area contributed by atoms with Crippen LogP contribution in [0.15, 0.2) is 35.1 Å².